The molecule has 0 unspecified atom stereocenters. The fourth-order valence-electron chi connectivity index (χ4n) is 1.72. The smallest absolute Gasteiger partial charge is 0.237 e. The van der Waals surface area contributed by atoms with Crippen LogP contribution in [0.5, 0.6) is 5.75 Å². The molecule has 0 heterocycles. The van der Waals surface area contributed by atoms with Crippen LogP contribution in [0, 0.1) is 11.6 Å². The first kappa shape index (κ1) is 17.6. The summed E-state index contributed by atoms with van der Waals surface area (Å²) < 4.78 is 26.9. The number of phenolic OH excluding ortho intramolecular Hbond substituents is 1. The molecule has 1 rings (SSSR count). The van der Waals surface area contributed by atoms with Gasteiger partial charge >= 0.3 is 0 Å². The third kappa shape index (κ3) is 5.52. The molecule has 0 saturated heterocycles. The number of hydrogen-bond acceptors (Lipinski definition) is 4. The molecule has 0 fully saturated rings. The van der Waals surface area contributed by atoms with Crippen LogP contribution in [0.1, 0.15) is 18.4 Å². The van der Waals surface area contributed by atoms with Crippen molar-refractivity contribution in [3.63, 3.8) is 0 Å². The van der Waals surface area contributed by atoms with Crippen molar-refractivity contribution >= 4 is 11.9 Å². The molecular formula is C13H19F2N5O2. The Morgan fingerprint density at radius 1 is 1.32 bits per heavy atom. The fraction of sp³-hybridized carbons (Fsp3) is 0.385. The maximum atomic E-state index is 13.5. The first-order valence-corrected chi connectivity index (χ1v) is 6.56. The van der Waals surface area contributed by atoms with Crippen molar-refractivity contribution in [2.75, 3.05) is 6.54 Å². The van der Waals surface area contributed by atoms with Crippen molar-refractivity contribution < 1.29 is 18.7 Å². The van der Waals surface area contributed by atoms with E-state index in [9.17, 15) is 13.6 Å². The van der Waals surface area contributed by atoms with Crippen molar-refractivity contribution in [2.24, 2.45) is 22.2 Å². The van der Waals surface area contributed by atoms with Crippen molar-refractivity contribution in [2.45, 2.75) is 25.4 Å². The topological polar surface area (TPSA) is 140 Å². The molecule has 1 aromatic rings. The van der Waals surface area contributed by atoms with E-state index < -0.39 is 29.3 Å². The second kappa shape index (κ2) is 8.13. The minimum atomic E-state index is -0.945. The van der Waals surface area contributed by atoms with Crippen LogP contribution < -0.4 is 22.5 Å². The third-order valence-corrected chi connectivity index (χ3v) is 2.87. The van der Waals surface area contributed by atoms with Crippen LogP contribution in [0.3, 0.4) is 0 Å². The van der Waals surface area contributed by atoms with Crippen LogP contribution in [0.2, 0.25) is 0 Å². The third-order valence-electron chi connectivity index (χ3n) is 2.87. The molecule has 0 aliphatic carbocycles. The summed E-state index contributed by atoms with van der Waals surface area (Å²) in [5, 5.41) is 11.4. The van der Waals surface area contributed by atoms with Crippen LogP contribution in [-0.4, -0.2) is 29.6 Å². The Morgan fingerprint density at radius 2 is 1.91 bits per heavy atom. The fourth-order valence-corrected chi connectivity index (χ4v) is 1.72. The number of aromatic hydroxyl groups is 1. The van der Waals surface area contributed by atoms with Crippen molar-refractivity contribution in [1.29, 1.82) is 0 Å². The average Bonchev–Trinajstić information content (AvgIpc) is 2.41. The number of halogens is 2. The van der Waals surface area contributed by atoms with Crippen LogP contribution in [0.25, 0.3) is 0 Å². The number of nitrogens with zero attached hydrogens (tertiary/aromatic N) is 1. The number of hydrogen-bond donors (Lipinski definition) is 5. The molecule has 22 heavy (non-hydrogen) atoms. The van der Waals surface area contributed by atoms with Gasteiger partial charge in [0, 0.05) is 30.8 Å². The minimum absolute atomic E-state index is 0.0451. The predicted molar refractivity (Wildman–Crippen MR) is 77.8 cm³/mol. The summed E-state index contributed by atoms with van der Waals surface area (Å²) in [6.07, 6.45) is 0.817. The Bertz CT molecular complexity index is 538. The number of phenols is 1. The van der Waals surface area contributed by atoms with Gasteiger partial charge in [-0.15, -0.1) is 0 Å². The number of amides is 1. The van der Waals surface area contributed by atoms with Gasteiger partial charge in [0.05, 0.1) is 6.04 Å². The van der Waals surface area contributed by atoms with Gasteiger partial charge in [-0.25, -0.2) is 8.78 Å². The number of rotatable bonds is 7. The van der Waals surface area contributed by atoms with E-state index in [-0.39, 0.29) is 18.1 Å². The van der Waals surface area contributed by atoms with E-state index in [1.54, 1.807) is 0 Å². The highest BCUT2D eigenvalue weighted by Crippen LogP contribution is 2.19. The number of aliphatic imine (C=N–C) groups is 1. The van der Waals surface area contributed by atoms with Gasteiger partial charge < -0.3 is 27.6 Å². The van der Waals surface area contributed by atoms with E-state index in [0.29, 0.717) is 19.4 Å². The predicted octanol–water partition coefficient (Wildman–Crippen LogP) is -0.332. The number of carbonyl (C=O) groups is 1. The van der Waals surface area contributed by atoms with Crippen LogP contribution in [0.4, 0.5) is 8.78 Å². The molecule has 1 atom stereocenters. The van der Waals surface area contributed by atoms with Gasteiger partial charge in [0.1, 0.15) is 17.4 Å². The maximum absolute atomic E-state index is 13.5. The monoisotopic (exact) mass is 315 g/mol. The molecule has 0 aromatic heterocycles. The van der Waals surface area contributed by atoms with Gasteiger partial charge in [-0.1, -0.05) is 0 Å². The minimum Gasteiger partial charge on any atom is -0.508 e. The number of carbonyl (C=O) groups excluding carboxylic acids is 1. The molecule has 0 saturated carbocycles. The van der Waals surface area contributed by atoms with Crippen LogP contribution in [0.15, 0.2) is 17.1 Å². The van der Waals surface area contributed by atoms with Crippen molar-refractivity contribution in [3.05, 3.63) is 29.3 Å². The Labute approximate surface area is 126 Å². The lowest BCUT2D eigenvalue weighted by Gasteiger charge is -2.12. The molecule has 122 valence electrons. The molecule has 8 N–H and O–H groups in total. The SMILES string of the molecule is NC(N)=NCCC[C@@H](N)C(=O)NCc1c(F)cc(O)cc1F. The van der Waals surface area contributed by atoms with E-state index in [0.717, 1.165) is 12.1 Å². The Kier molecular flexibility index (Phi) is 6.51. The summed E-state index contributed by atoms with van der Waals surface area (Å²) in [5.74, 6) is -3.01. The highest BCUT2D eigenvalue weighted by Gasteiger charge is 2.16. The molecule has 0 aliphatic rings. The lowest BCUT2D eigenvalue weighted by molar-refractivity contribution is -0.122. The Balaban J connectivity index is 2.47. The molecule has 9 heteroatoms. The largest absolute Gasteiger partial charge is 0.508 e. The van der Waals surface area contributed by atoms with E-state index in [1.165, 1.54) is 0 Å². The Morgan fingerprint density at radius 3 is 2.45 bits per heavy atom. The van der Waals surface area contributed by atoms with Gasteiger partial charge in [0.15, 0.2) is 5.96 Å². The summed E-state index contributed by atoms with van der Waals surface area (Å²) in [4.78, 5) is 15.5. The Hall–Kier alpha value is -2.42. The average molecular weight is 315 g/mol. The molecule has 0 aliphatic heterocycles. The highest BCUT2D eigenvalue weighted by atomic mass is 19.1. The maximum Gasteiger partial charge on any atom is 0.237 e. The lowest BCUT2D eigenvalue weighted by atomic mass is 10.1. The van der Waals surface area contributed by atoms with Crippen molar-refractivity contribution in [1.82, 2.24) is 5.32 Å². The molecule has 1 amide bonds. The quantitative estimate of drug-likeness (QED) is 0.266. The molecule has 0 spiro atoms. The van der Waals surface area contributed by atoms with E-state index in [2.05, 4.69) is 10.3 Å². The number of benzene rings is 1. The first-order valence-electron chi connectivity index (χ1n) is 6.56. The summed E-state index contributed by atoms with van der Waals surface area (Å²) >= 11 is 0. The van der Waals surface area contributed by atoms with Gasteiger partial charge in [-0.2, -0.15) is 0 Å². The first-order chi connectivity index (χ1) is 10.3. The summed E-state index contributed by atoms with van der Waals surface area (Å²) in [5.41, 5.74) is 15.6. The lowest BCUT2D eigenvalue weighted by Crippen LogP contribution is -2.40. The second-order valence-corrected chi connectivity index (χ2v) is 4.66. The molecular weight excluding hydrogens is 296 g/mol. The number of nitrogens with two attached hydrogens (primary N) is 3. The zero-order valence-corrected chi connectivity index (χ0v) is 11.9. The number of nitrogens with one attached hydrogen (secondary N) is 1. The second-order valence-electron chi connectivity index (χ2n) is 4.66. The normalized spacial score (nSPS) is 11.8. The zero-order chi connectivity index (χ0) is 16.7. The molecule has 0 bridgehead atoms. The van der Waals surface area contributed by atoms with Gasteiger partial charge in [0.2, 0.25) is 5.91 Å². The summed E-state index contributed by atoms with van der Waals surface area (Å²) in [6.45, 7) is -0.0249. The highest BCUT2D eigenvalue weighted by molar-refractivity contribution is 5.81. The summed E-state index contributed by atoms with van der Waals surface area (Å²) in [6, 6.07) is 0.692. The number of guanidine groups is 1. The zero-order valence-electron chi connectivity index (χ0n) is 11.9. The molecule has 0 radical (unpaired) electrons. The van der Waals surface area contributed by atoms with Crippen LogP contribution >= 0.6 is 0 Å². The van der Waals surface area contributed by atoms with E-state index in [1.807, 2.05) is 0 Å². The molecule has 1 aromatic carbocycles. The van der Waals surface area contributed by atoms with Crippen LogP contribution in [-0.2, 0) is 11.3 Å². The van der Waals surface area contributed by atoms with Gasteiger partial charge in [-0.3, -0.25) is 9.79 Å². The molecule has 7 nitrogen and oxygen atoms in total. The van der Waals surface area contributed by atoms with Crippen molar-refractivity contribution in [3.8, 4) is 5.75 Å². The van der Waals surface area contributed by atoms with Gasteiger partial charge in [-0.05, 0) is 12.8 Å². The summed E-state index contributed by atoms with van der Waals surface area (Å²) in [7, 11) is 0. The van der Waals surface area contributed by atoms with E-state index >= 15 is 0 Å². The van der Waals surface area contributed by atoms with E-state index in [4.69, 9.17) is 22.3 Å². The van der Waals surface area contributed by atoms with Gasteiger partial charge in [0.25, 0.3) is 0 Å². The standard InChI is InChI=1S/C13H19F2N5O2/c14-9-4-7(21)5-10(15)8(9)6-20-12(22)11(16)2-1-3-19-13(17)18/h4-5,11,21H,1-3,6,16H2,(H,20,22)(H4,17,18,19)/t11-/m1/s1.